The van der Waals surface area contributed by atoms with Crippen LogP contribution in [0.25, 0.3) is 0 Å². The number of nitrogens with two attached hydrogens (primary N) is 1. The van der Waals surface area contributed by atoms with Gasteiger partial charge < -0.3 is 4.74 Å². The van der Waals surface area contributed by atoms with Crippen molar-refractivity contribution in [1.82, 2.24) is 0 Å². The second-order valence-electron chi connectivity index (χ2n) is 4.69. The van der Waals surface area contributed by atoms with Gasteiger partial charge in [-0.1, -0.05) is 30.3 Å². The Kier molecular flexibility index (Phi) is 4.79. The van der Waals surface area contributed by atoms with Gasteiger partial charge in [-0.25, -0.2) is 5.14 Å². The largest absolute Gasteiger partial charge is 0.487 e. The van der Waals surface area contributed by atoms with E-state index in [1.165, 1.54) is 19.1 Å². The third-order valence-corrected chi connectivity index (χ3v) is 3.38. The quantitative estimate of drug-likeness (QED) is 0.796. The lowest BCUT2D eigenvalue weighted by Gasteiger charge is -2.13. The lowest BCUT2D eigenvalue weighted by Crippen LogP contribution is -2.22. The third-order valence-electron chi connectivity index (χ3n) is 2.88. The third kappa shape index (κ3) is 4.57. The van der Waals surface area contributed by atoms with Crippen LogP contribution in [0.5, 0.6) is 5.75 Å². The van der Waals surface area contributed by atoms with Crippen LogP contribution in [0.15, 0.2) is 48.5 Å². The maximum Gasteiger partial charge on any atom is 0.296 e. The number of hydrogen-bond acceptors (Lipinski definition) is 4. The van der Waals surface area contributed by atoms with Gasteiger partial charge in [-0.2, -0.15) is 8.42 Å². The van der Waals surface area contributed by atoms with Crippen molar-refractivity contribution in [2.45, 2.75) is 13.5 Å². The van der Waals surface area contributed by atoms with E-state index in [0.29, 0.717) is 11.3 Å². The van der Waals surface area contributed by atoms with E-state index in [0.717, 1.165) is 5.56 Å². The summed E-state index contributed by atoms with van der Waals surface area (Å²) in [4.78, 5) is 11.4. The Balaban J connectivity index is 2.27. The topological polar surface area (TPSA) is 98.5 Å². The fourth-order valence-corrected chi connectivity index (χ4v) is 2.31. The highest BCUT2D eigenvalue weighted by molar-refractivity contribution is 7.90. The highest BCUT2D eigenvalue weighted by Crippen LogP contribution is 2.27. The molecular formula is C15H16N2O4S. The number of rotatable bonds is 6. The summed E-state index contributed by atoms with van der Waals surface area (Å²) >= 11 is 0. The first-order valence-electron chi connectivity index (χ1n) is 6.47. The summed E-state index contributed by atoms with van der Waals surface area (Å²) in [6, 6.07) is 13.9. The lowest BCUT2D eigenvalue weighted by molar-refractivity contribution is 0.101. The van der Waals surface area contributed by atoms with Crippen LogP contribution < -0.4 is 14.6 Å². The van der Waals surface area contributed by atoms with Gasteiger partial charge in [0.1, 0.15) is 12.4 Å². The van der Waals surface area contributed by atoms with Crippen molar-refractivity contribution >= 4 is 21.7 Å². The second kappa shape index (κ2) is 6.59. The minimum Gasteiger partial charge on any atom is -0.487 e. The van der Waals surface area contributed by atoms with E-state index in [1.807, 2.05) is 30.3 Å². The predicted octanol–water partition coefficient (Wildman–Crippen LogP) is 2.08. The molecule has 0 saturated heterocycles. The average molecular weight is 320 g/mol. The number of Topliss-reactive ketones (excluding diaryl/α,β-unsaturated/α-hetero) is 1. The van der Waals surface area contributed by atoms with Gasteiger partial charge in [0, 0.05) is 5.56 Å². The molecular weight excluding hydrogens is 304 g/mol. The number of ketones is 1. The molecule has 0 aliphatic rings. The summed E-state index contributed by atoms with van der Waals surface area (Å²) in [5.41, 5.74) is 1.42. The van der Waals surface area contributed by atoms with E-state index < -0.39 is 10.2 Å². The number of carbonyl (C=O) groups excluding carboxylic acids is 1. The molecule has 7 heteroatoms. The van der Waals surface area contributed by atoms with Gasteiger partial charge in [0.25, 0.3) is 10.2 Å². The molecule has 0 aliphatic heterocycles. The van der Waals surface area contributed by atoms with Crippen molar-refractivity contribution in [1.29, 1.82) is 0 Å². The molecule has 0 unspecified atom stereocenters. The monoisotopic (exact) mass is 320 g/mol. The Labute approximate surface area is 129 Å². The van der Waals surface area contributed by atoms with Gasteiger partial charge in [-0.3, -0.25) is 9.52 Å². The van der Waals surface area contributed by atoms with Gasteiger partial charge >= 0.3 is 0 Å². The summed E-state index contributed by atoms with van der Waals surface area (Å²) in [6.45, 7) is 1.65. The zero-order chi connectivity index (χ0) is 16.2. The standard InChI is InChI=1S/C15H16N2O4S/c1-11(18)13-7-8-15(14(9-13)17-22(16,19)20)21-10-12-5-3-2-4-6-12/h2-9,17H,10H2,1H3,(H2,16,19,20). The number of anilines is 1. The van der Waals surface area contributed by atoms with Crippen LogP contribution in [-0.2, 0) is 16.8 Å². The second-order valence-corrected chi connectivity index (χ2v) is 5.98. The first kappa shape index (κ1) is 16.0. The fourth-order valence-electron chi connectivity index (χ4n) is 1.84. The minimum absolute atomic E-state index is 0.131. The molecule has 3 N–H and O–H groups in total. The average Bonchev–Trinajstić information content (AvgIpc) is 2.45. The Morgan fingerprint density at radius 2 is 1.86 bits per heavy atom. The maximum absolute atomic E-state index is 11.4. The molecule has 0 fully saturated rings. The molecule has 2 aromatic rings. The molecule has 6 nitrogen and oxygen atoms in total. The van der Waals surface area contributed by atoms with E-state index in [9.17, 15) is 13.2 Å². The van der Waals surface area contributed by atoms with E-state index in [2.05, 4.69) is 4.72 Å². The Morgan fingerprint density at radius 1 is 1.18 bits per heavy atom. The number of ether oxygens (including phenoxy) is 1. The SMILES string of the molecule is CC(=O)c1ccc(OCc2ccccc2)c(NS(N)(=O)=O)c1. The van der Waals surface area contributed by atoms with Crippen molar-refractivity contribution in [2.24, 2.45) is 5.14 Å². The molecule has 22 heavy (non-hydrogen) atoms. The summed E-state index contributed by atoms with van der Waals surface area (Å²) in [5, 5.41) is 4.99. The van der Waals surface area contributed by atoms with Crippen molar-refractivity contribution in [2.75, 3.05) is 4.72 Å². The highest BCUT2D eigenvalue weighted by Gasteiger charge is 2.12. The van der Waals surface area contributed by atoms with Crippen molar-refractivity contribution < 1.29 is 17.9 Å². The van der Waals surface area contributed by atoms with E-state index in [1.54, 1.807) is 6.07 Å². The number of nitrogens with one attached hydrogen (secondary N) is 1. The van der Waals surface area contributed by atoms with Crippen LogP contribution in [-0.4, -0.2) is 14.2 Å². The zero-order valence-electron chi connectivity index (χ0n) is 11.9. The summed E-state index contributed by atoms with van der Waals surface area (Å²) in [5.74, 6) is 0.106. The van der Waals surface area contributed by atoms with E-state index >= 15 is 0 Å². The molecule has 2 aromatic carbocycles. The first-order chi connectivity index (χ1) is 10.3. The van der Waals surface area contributed by atoms with Gasteiger partial charge in [-0.05, 0) is 30.7 Å². The summed E-state index contributed by atoms with van der Waals surface area (Å²) < 4.78 is 30.2. The number of carbonyl (C=O) groups is 1. The highest BCUT2D eigenvalue weighted by atomic mass is 32.2. The van der Waals surface area contributed by atoms with E-state index in [-0.39, 0.29) is 18.1 Å². The van der Waals surface area contributed by atoms with Gasteiger partial charge in [0.05, 0.1) is 5.69 Å². The molecule has 0 bridgehead atoms. The fraction of sp³-hybridized carbons (Fsp3) is 0.133. The molecule has 0 aliphatic carbocycles. The van der Waals surface area contributed by atoms with Crippen LogP contribution in [0.4, 0.5) is 5.69 Å². The van der Waals surface area contributed by atoms with Crippen LogP contribution in [0, 0.1) is 0 Å². The van der Waals surface area contributed by atoms with Gasteiger partial charge in [0.15, 0.2) is 5.78 Å². The van der Waals surface area contributed by atoms with Gasteiger partial charge in [0.2, 0.25) is 0 Å². The van der Waals surface area contributed by atoms with Crippen LogP contribution in [0.1, 0.15) is 22.8 Å². The molecule has 0 saturated carbocycles. The Hall–Kier alpha value is -2.38. The molecule has 0 amide bonds. The van der Waals surface area contributed by atoms with Crippen molar-refractivity contribution in [3.63, 3.8) is 0 Å². The molecule has 0 spiro atoms. The van der Waals surface area contributed by atoms with Crippen molar-refractivity contribution in [3.05, 3.63) is 59.7 Å². The van der Waals surface area contributed by atoms with E-state index in [4.69, 9.17) is 9.88 Å². The number of hydrogen-bond donors (Lipinski definition) is 2. The van der Waals surface area contributed by atoms with Crippen LogP contribution >= 0.6 is 0 Å². The number of benzene rings is 2. The Morgan fingerprint density at radius 3 is 2.45 bits per heavy atom. The molecule has 0 atom stereocenters. The minimum atomic E-state index is -3.97. The lowest BCUT2D eigenvalue weighted by atomic mass is 10.1. The molecule has 0 heterocycles. The summed E-state index contributed by atoms with van der Waals surface area (Å²) in [7, 11) is -3.97. The molecule has 116 valence electrons. The Bertz CT molecular complexity index is 773. The summed E-state index contributed by atoms with van der Waals surface area (Å²) in [6.07, 6.45) is 0. The molecule has 0 aromatic heterocycles. The molecule has 2 rings (SSSR count). The zero-order valence-corrected chi connectivity index (χ0v) is 12.8. The van der Waals surface area contributed by atoms with Gasteiger partial charge in [-0.15, -0.1) is 0 Å². The van der Waals surface area contributed by atoms with Crippen LogP contribution in [0.2, 0.25) is 0 Å². The normalized spacial score (nSPS) is 11.0. The van der Waals surface area contributed by atoms with Crippen molar-refractivity contribution in [3.8, 4) is 5.75 Å². The van der Waals surface area contributed by atoms with Crippen LogP contribution in [0.3, 0.4) is 0 Å². The first-order valence-corrected chi connectivity index (χ1v) is 8.02. The smallest absolute Gasteiger partial charge is 0.296 e. The maximum atomic E-state index is 11.4. The predicted molar refractivity (Wildman–Crippen MR) is 84.0 cm³/mol. The molecule has 0 radical (unpaired) electrons.